The van der Waals surface area contributed by atoms with Crippen LogP contribution in [0.4, 0.5) is 5.69 Å². The highest BCUT2D eigenvalue weighted by Crippen LogP contribution is 2.14. The fourth-order valence-corrected chi connectivity index (χ4v) is 1.27. The number of aromatic nitrogens is 1. The van der Waals surface area contributed by atoms with Gasteiger partial charge in [-0.2, -0.15) is 0 Å². The van der Waals surface area contributed by atoms with Gasteiger partial charge in [0.1, 0.15) is 6.61 Å². The Balaban J connectivity index is 2.63. The fraction of sp³-hybridized carbons (Fsp3) is 0.250. The topological polar surface area (TPSA) is 51.2 Å². The summed E-state index contributed by atoms with van der Waals surface area (Å²) in [7, 11) is 1.48. The van der Waals surface area contributed by atoms with Gasteiger partial charge in [-0.1, -0.05) is 0 Å². The molecule has 1 rings (SSSR count). The van der Waals surface area contributed by atoms with Crippen molar-refractivity contribution >= 4 is 34.2 Å². The number of amides is 1. The summed E-state index contributed by atoms with van der Waals surface area (Å²) in [5.74, 6) is -0.161. The van der Waals surface area contributed by atoms with Gasteiger partial charge in [0, 0.05) is 19.5 Å². The van der Waals surface area contributed by atoms with Crippen LogP contribution in [0.5, 0.6) is 0 Å². The third-order valence-electron chi connectivity index (χ3n) is 1.32. The first-order valence-electron chi connectivity index (χ1n) is 3.62. The smallest absolute Gasteiger partial charge is 0.250 e. The van der Waals surface area contributed by atoms with E-state index in [1.54, 1.807) is 18.5 Å². The molecule has 70 valence electrons. The number of methoxy groups -OCH3 is 1. The van der Waals surface area contributed by atoms with Crippen LogP contribution in [-0.4, -0.2) is 24.6 Å². The van der Waals surface area contributed by atoms with Crippen LogP contribution in [-0.2, 0) is 9.53 Å². The first-order valence-corrected chi connectivity index (χ1v) is 4.70. The van der Waals surface area contributed by atoms with Crippen LogP contribution >= 0.6 is 22.6 Å². The molecule has 4 nitrogen and oxygen atoms in total. The lowest BCUT2D eigenvalue weighted by atomic mass is 10.4. The van der Waals surface area contributed by atoms with Crippen LogP contribution in [0.3, 0.4) is 0 Å². The quantitative estimate of drug-likeness (QED) is 0.854. The first kappa shape index (κ1) is 10.4. The summed E-state index contributed by atoms with van der Waals surface area (Å²) in [5.41, 5.74) is 0.762. The van der Waals surface area contributed by atoms with E-state index in [2.05, 4.69) is 37.6 Å². The van der Waals surface area contributed by atoms with Crippen molar-refractivity contribution in [3.8, 4) is 0 Å². The maximum atomic E-state index is 11.1. The van der Waals surface area contributed by atoms with Gasteiger partial charge in [-0.05, 0) is 28.7 Å². The van der Waals surface area contributed by atoms with Crippen molar-refractivity contribution in [1.29, 1.82) is 0 Å². The second-order valence-corrected chi connectivity index (χ2v) is 3.50. The Kier molecular flexibility index (Phi) is 4.10. The van der Waals surface area contributed by atoms with Crippen molar-refractivity contribution < 1.29 is 9.53 Å². The van der Waals surface area contributed by atoms with E-state index >= 15 is 0 Å². The lowest BCUT2D eigenvalue weighted by molar-refractivity contribution is -0.119. The fourth-order valence-electron chi connectivity index (χ4n) is 0.794. The summed E-state index contributed by atoms with van der Waals surface area (Å²) >= 11 is 2.10. The number of nitrogens with one attached hydrogen (secondary N) is 1. The number of carbonyl (C=O) groups is 1. The van der Waals surface area contributed by atoms with Crippen molar-refractivity contribution in [2.24, 2.45) is 0 Å². The molecule has 0 spiro atoms. The molecule has 1 aromatic rings. The number of hydrogen-bond acceptors (Lipinski definition) is 3. The molecular weight excluding hydrogens is 283 g/mol. The number of rotatable bonds is 3. The maximum Gasteiger partial charge on any atom is 0.250 e. The number of nitrogens with zero attached hydrogens (tertiary/aromatic N) is 1. The molecule has 1 amide bonds. The highest BCUT2D eigenvalue weighted by Gasteiger charge is 2.03. The lowest BCUT2D eigenvalue weighted by Gasteiger charge is -2.05. The largest absolute Gasteiger partial charge is 0.375 e. The minimum absolute atomic E-state index is 0.0679. The molecule has 0 aliphatic rings. The lowest BCUT2D eigenvalue weighted by Crippen LogP contribution is -2.17. The Hall–Kier alpha value is -0.690. The Bertz CT molecular complexity index is 304. The predicted octanol–water partition coefficient (Wildman–Crippen LogP) is 1.27. The number of hydrogen-bond donors (Lipinski definition) is 1. The Morgan fingerprint density at radius 2 is 2.54 bits per heavy atom. The average Bonchev–Trinajstić information content (AvgIpc) is 2.09. The molecule has 0 aromatic carbocycles. The van der Waals surface area contributed by atoms with E-state index in [9.17, 15) is 4.79 Å². The third-order valence-corrected chi connectivity index (χ3v) is 2.18. The summed E-state index contributed by atoms with van der Waals surface area (Å²) in [6.07, 6.45) is 3.31. The van der Waals surface area contributed by atoms with Gasteiger partial charge in [0.15, 0.2) is 0 Å². The summed E-state index contributed by atoms with van der Waals surface area (Å²) in [6.45, 7) is 0.0679. The maximum absolute atomic E-state index is 11.1. The zero-order chi connectivity index (χ0) is 9.68. The van der Waals surface area contributed by atoms with Gasteiger partial charge < -0.3 is 10.1 Å². The van der Waals surface area contributed by atoms with Gasteiger partial charge in [-0.25, -0.2) is 0 Å². The normalized spacial score (nSPS) is 9.69. The van der Waals surface area contributed by atoms with Crippen LogP contribution in [0.1, 0.15) is 0 Å². The molecule has 0 aliphatic heterocycles. The van der Waals surface area contributed by atoms with Gasteiger partial charge in [0.25, 0.3) is 0 Å². The summed E-state index contributed by atoms with van der Waals surface area (Å²) in [4.78, 5) is 15.0. The highest BCUT2D eigenvalue weighted by molar-refractivity contribution is 14.1. The second-order valence-electron chi connectivity index (χ2n) is 2.34. The van der Waals surface area contributed by atoms with Crippen molar-refractivity contribution in [2.45, 2.75) is 0 Å². The minimum atomic E-state index is -0.161. The number of halogens is 1. The van der Waals surface area contributed by atoms with E-state index in [4.69, 9.17) is 0 Å². The van der Waals surface area contributed by atoms with Gasteiger partial charge in [-0.3, -0.25) is 9.78 Å². The molecule has 1 N–H and O–H groups in total. The molecule has 0 aliphatic carbocycles. The van der Waals surface area contributed by atoms with E-state index in [1.165, 1.54) is 7.11 Å². The predicted molar refractivity (Wildman–Crippen MR) is 57.5 cm³/mol. The van der Waals surface area contributed by atoms with Crippen LogP contribution in [0.25, 0.3) is 0 Å². The second kappa shape index (κ2) is 5.13. The van der Waals surface area contributed by atoms with E-state index in [-0.39, 0.29) is 12.5 Å². The molecular formula is C8H9IN2O2. The van der Waals surface area contributed by atoms with Gasteiger partial charge in [0.2, 0.25) is 5.91 Å². The summed E-state index contributed by atoms with van der Waals surface area (Å²) in [6, 6.07) is 1.75. The standard InChI is InChI=1S/C8H9IN2O2/c1-13-5-8(12)11-7-2-3-10-4-6(7)9/h2-4H,5H2,1H3,(H,10,11,12). The van der Waals surface area contributed by atoms with E-state index in [1.807, 2.05) is 0 Å². The van der Waals surface area contributed by atoms with Crippen molar-refractivity contribution in [3.63, 3.8) is 0 Å². The Morgan fingerprint density at radius 3 is 3.15 bits per heavy atom. The molecule has 13 heavy (non-hydrogen) atoms. The van der Waals surface area contributed by atoms with Crippen LogP contribution < -0.4 is 5.32 Å². The SMILES string of the molecule is COCC(=O)Nc1ccncc1I. The zero-order valence-electron chi connectivity index (χ0n) is 7.08. The number of ether oxygens (including phenoxy) is 1. The molecule has 0 atom stereocenters. The monoisotopic (exact) mass is 292 g/mol. The number of pyridine rings is 1. The van der Waals surface area contributed by atoms with E-state index in [0.29, 0.717) is 0 Å². The molecule has 5 heteroatoms. The molecule has 0 unspecified atom stereocenters. The Labute approximate surface area is 89.8 Å². The third kappa shape index (κ3) is 3.27. The molecule has 1 aromatic heterocycles. The van der Waals surface area contributed by atoms with Crippen LogP contribution in [0, 0.1) is 3.57 Å². The number of anilines is 1. The summed E-state index contributed by atoms with van der Waals surface area (Å²) < 4.78 is 5.59. The van der Waals surface area contributed by atoms with Crippen molar-refractivity contribution in [3.05, 3.63) is 22.0 Å². The van der Waals surface area contributed by atoms with Crippen LogP contribution in [0.15, 0.2) is 18.5 Å². The molecule has 0 fully saturated rings. The van der Waals surface area contributed by atoms with Crippen molar-refractivity contribution in [2.75, 3.05) is 19.0 Å². The van der Waals surface area contributed by atoms with E-state index < -0.39 is 0 Å². The molecule has 0 saturated carbocycles. The van der Waals surface area contributed by atoms with Gasteiger partial charge >= 0.3 is 0 Å². The molecule has 0 radical (unpaired) electrons. The zero-order valence-corrected chi connectivity index (χ0v) is 9.24. The minimum Gasteiger partial charge on any atom is -0.375 e. The first-order chi connectivity index (χ1) is 6.24. The average molecular weight is 292 g/mol. The highest BCUT2D eigenvalue weighted by atomic mass is 127. The molecule has 0 bridgehead atoms. The molecule has 1 heterocycles. The molecule has 0 saturated heterocycles. The Morgan fingerprint density at radius 1 is 1.77 bits per heavy atom. The summed E-state index contributed by atoms with van der Waals surface area (Å²) in [5, 5.41) is 2.70. The van der Waals surface area contributed by atoms with E-state index in [0.717, 1.165) is 9.26 Å². The van der Waals surface area contributed by atoms with Gasteiger partial charge in [0.05, 0.1) is 9.26 Å². The van der Waals surface area contributed by atoms with Crippen LogP contribution in [0.2, 0.25) is 0 Å². The number of carbonyl (C=O) groups excluding carboxylic acids is 1. The van der Waals surface area contributed by atoms with Gasteiger partial charge in [-0.15, -0.1) is 0 Å². The van der Waals surface area contributed by atoms with Crippen molar-refractivity contribution in [1.82, 2.24) is 4.98 Å².